The van der Waals surface area contributed by atoms with E-state index in [4.69, 9.17) is 0 Å². The predicted octanol–water partition coefficient (Wildman–Crippen LogP) is 2.33. The van der Waals surface area contributed by atoms with Crippen LogP contribution in [0.5, 0.6) is 0 Å². The summed E-state index contributed by atoms with van der Waals surface area (Å²) in [7, 11) is 0. The number of hydrogen-bond acceptors (Lipinski definition) is 2. The van der Waals surface area contributed by atoms with Gasteiger partial charge in [0.1, 0.15) is 5.82 Å². The van der Waals surface area contributed by atoms with Crippen molar-refractivity contribution in [3.8, 4) is 0 Å². The molecule has 15 heavy (non-hydrogen) atoms. The average molecular weight is 204 g/mol. The van der Waals surface area contributed by atoms with E-state index in [-0.39, 0.29) is 11.9 Å². The molecule has 0 aliphatic carbocycles. The van der Waals surface area contributed by atoms with Crippen molar-refractivity contribution in [3.05, 3.63) is 23.9 Å². The molecule has 0 fully saturated rings. The van der Waals surface area contributed by atoms with Gasteiger partial charge in [-0.3, -0.25) is 9.69 Å². The Morgan fingerprint density at radius 2 is 2.27 bits per heavy atom. The van der Waals surface area contributed by atoms with Gasteiger partial charge in [0, 0.05) is 19.2 Å². The number of pyridine rings is 1. The summed E-state index contributed by atoms with van der Waals surface area (Å²) < 4.78 is 0. The first-order valence-corrected chi connectivity index (χ1v) is 5.36. The Morgan fingerprint density at radius 3 is 2.93 bits per heavy atom. The highest BCUT2D eigenvalue weighted by Crippen LogP contribution is 2.36. The summed E-state index contributed by atoms with van der Waals surface area (Å²) in [5, 5.41) is 0. The number of amides is 1. The smallest absolute Gasteiger partial charge is 0.225 e. The fraction of sp³-hybridized carbons (Fsp3) is 0.500. The number of aromatic nitrogens is 1. The Bertz CT molecular complexity index is 389. The number of nitrogens with zero attached hydrogens (tertiary/aromatic N) is 2. The summed E-state index contributed by atoms with van der Waals surface area (Å²) in [6.07, 6.45) is 2.76. The van der Waals surface area contributed by atoms with Crippen molar-refractivity contribution < 1.29 is 4.79 Å². The number of carbonyl (C=O) groups excluding carboxylic acids is 1. The molecule has 0 spiro atoms. The van der Waals surface area contributed by atoms with Crippen LogP contribution in [0, 0.1) is 0 Å². The summed E-state index contributed by atoms with van der Waals surface area (Å²) >= 11 is 0. The van der Waals surface area contributed by atoms with Crippen LogP contribution >= 0.6 is 0 Å². The third-order valence-corrected chi connectivity index (χ3v) is 3.05. The second kappa shape index (κ2) is 3.65. The zero-order valence-corrected chi connectivity index (χ0v) is 9.40. The number of hydrogen-bond donors (Lipinski definition) is 0. The van der Waals surface area contributed by atoms with Crippen molar-refractivity contribution in [1.29, 1.82) is 0 Å². The van der Waals surface area contributed by atoms with E-state index in [1.165, 1.54) is 5.56 Å². The van der Waals surface area contributed by atoms with Gasteiger partial charge in [-0.2, -0.15) is 0 Å². The third kappa shape index (κ3) is 1.62. The first kappa shape index (κ1) is 10.1. The molecular weight excluding hydrogens is 188 g/mol. The lowest BCUT2D eigenvalue weighted by atomic mass is 9.89. The van der Waals surface area contributed by atoms with Crippen molar-refractivity contribution in [2.75, 3.05) is 4.90 Å². The molecule has 0 bridgehead atoms. The van der Waals surface area contributed by atoms with Gasteiger partial charge < -0.3 is 0 Å². The van der Waals surface area contributed by atoms with E-state index in [9.17, 15) is 4.79 Å². The van der Waals surface area contributed by atoms with E-state index >= 15 is 0 Å². The first-order valence-electron chi connectivity index (χ1n) is 5.36. The van der Waals surface area contributed by atoms with Gasteiger partial charge in [0.2, 0.25) is 5.91 Å². The van der Waals surface area contributed by atoms with Crippen LogP contribution in [0.2, 0.25) is 0 Å². The van der Waals surface area contributed by atoms with Gasteiger partial charge in [0.25, 0.3) is 0 Å². The van der Waals surface area contributed by atoms with Crippen LogP contribution in [-0.4, -0.2) is 16.9 Å². The quantitative estimate of drug-likeness (QED) is 0.649. The van der Waals surface area contributed by atoms with E-state index in [1.54, 1.807) is 18.0 Å². The lowest BCUT2D eigenvalue weighted by Crippen LogP contribution is -2.42. The second-order valence-corrected chi connectivity index (χ2v) is 4.29. The highest BCUT2D eigenvalue weighted by Gasteiger charge is 2.30. The monoisotopic (exact) mass is 204 g/mol. The number of anilines is 1. The Hall–Kier alpha value is -1.38. The Morgan fingerprint density at radius 1 is 1.53 bits per heavy atom. The molecule has 0 radical (unpaired) electrons. The second-order valence-electron chi connectivity index (χ2n) is 4.29. The molecule has 1 aromatic heterocycles. The molecule has 0 saturated heterocycles. The SMILES string of the molecule is CC(=O)N1c2ncccc2C(C)CC1C. The van der Waals surface area contributed by atoms with Gasteiger partial charge in [-0.1, -0.05) is 13.0 Å². The maximum Gasteiger partial charge on any atom is 0.225 e. The molecular formula is C12H16N2O. The molecule has 3 heteroatoms. The van der Waals surface area contributed by atoms with Crippen LogP contribution in [-0.2, 0) is 4.79 Å². The standard InChI is InChI=1S/C12H16N2O/c1-8-7-9(2)14(10(3)15)12-11(8)5-4-6-13-12/h4-6,8-9H,7H2,1-3H3. The van der Waals surface area contributed by atoms with E-state index in [1.807, 2.05) is 6.07 Å². The molecule has 0 saturated carbocycles. The predicted molar refractivity (Wildman–Crippen MR) is 59.9 cm³/mol. The van der Waals surface area contributed by atoms with Crippen molar-refractivity contribution in [1.82, 2.24) is 4.98 Å². The minimum atomic E-state index is 0.0781. The maximum atomic E-state index is 11.6. The molecule has 2 rings (SSSR count). The zero-order valence-electron chi connectivity index (χ0n) is 9.40. The number of rotatable bonds is 0. The van der Waals surface area contributed by atoms with E-state index in [0.29, 0.717) is 5.92 Å². The molecule has 0 N–H and O–H groups in total. The van der Waals surface area contributed by atoms with Crippen LogP contribution in [0.3, 0.4) is 0 Å². The molecule has 2 atom stereocenters. The lowest BCUT2D eigenvalue weighted by Gasteiger charge is -2.36. The summed E-state index contributed by atoms with van der Waals surface area (Å²) in [5.74, 6) is 1.41. The van der Waals surface area contributed by atoms with E-state index < -0.39 is 0 Å². The minimum absolute atomic E-state index is 0.0781. The fourth-order valence-corrected chi connectivity index (χ4v) is 2.41. The normalized spacial score (nSPS) is 24.9. The van der Waals surface area contributed by atoms with Gasteiger partial charge in [-0.15, -0.1) is 0 Å². The fourth-order valence-electron chi connectivity index (χ4n) is 2.41. The Balaban J connectivity index is 2.51. The highest BCUT2D eigenvalue weighted by atomic mass is 16.2. The maximum absolute atomic E-state index is 11.6. The lowest BCUT2D eigenvalue weighted by molar-refractivity contribution is -0.117. The molecule has 80 valence electrons. The molecule has 2 heterocycles. The first-order chi connectivity index (χ1) is 7.11. The van der Waals surface area contributed by atoms with Gasteiger partial charge in [-0.05, 0) is 30.9 Å². The molecule has 0 aromatic carbocycles. The van der Waals surface area contributed by atoms with E-state index in [0.717, 1.165) is 12.2 Å². The van der Waals surface area contributed by atoms with E-state index in [2.05, 4.69) is 24.9 Å². The summed E-state index contributed by atoms with van der Waals surface area (Å²) in [6, 6.07) is 4.25. The van der Waals surface area contributed by atoms with Crippen molar-refractivity contribution >= 4 is 11.7 Å². The molecule has 1 aliphatic heterocycles. The number of carbonyl (C=O) groups is 1. The number of fused-ring (bicyclic) bond motifs is 1. The Kier molecular flexibility index (Phi) is 2.47. The molecule has 1 aromatic rings. The van der Waals surface area contributed by atoms with Crippen molar-refractivity contribution in [2.24, 2.45) is 0 Å². The minimum Gasteiger partial charge on any atom is -0.294 e. The summed E-state index contributed by atoms with van der Waals surface area (Å²) in [5.41, 5.74) is 1.19. The van der Waals surface area contributed by atoms with Crippen molar-refractivity contribution in [3.63, 3.8) is 0 Å². The summed E-state index contributed by atoms with van der Waals surface area (Å²) in [4.78, 5) is 17.7. The van der Waals surface area contributed by atoms with Gasteiger partial charge in [0.05, 0.1) is 0 Å². The van der Waals surface area contributed by atoms with Crippen LogP contribution in [0.15, 0.2) is 18.3 Å². The van der Waals surface area contributed by atoms with Crippen LogP contribution < -0.4 is 4.90 Å². The average Bonchev–Trinajstić information content (AvgIpc) is 2.17. The zero-order chi connectivity index (χ0) is 11.0. The molecule has 2 unspecified atom stereocenters. The summed E-state index contributed by atoms with van der Waals surface area (Å²) in [6.45, 7) is 5.87. The van der Waals surface area contributed by atoms with Crippen LogP contribution in [0.1, 0.15) is 38.7 Å². The molecule has 1 aliphatic rings. The molecule has 3 nitrogen and oxygen atoms in total. The van der Waals surface area contributed by atoms with Crippen molar-refractivity contribution in [2.45, 2.75) is 39.2 Å². The topological polar surface area (TPSA) is 33.2 Å². The van der Waals surface area contributed by atoms with Gasteiger partial charge >= 0.3 is 0 Å². The largest absolute Gasteiger partial charge is 0.294 e. The Labute approximate surface area is 90.1 Å². The van der Waals surface area contributed by atoms with Crippen LogP contribution in [0.4, 0.5) is 5.82 Å². The van der Waals surface area contributed by atoms with Gasteiger partial charge in [0.15, 0.2) is 0 Å². The van der Waals surface area contributed by atoms with Crippen LogP contribution in [0.25, 0.3) is 0 Å². The third-order valence-electron chi connectivity index (χ3n) is 3.05. The van der Waals surface area contributed by atoms with Gasteiger partial charge in [-0.25, -0.2) is 4.98 Å². The molecule has 1 amide bonds. The highest BCUT2D eigenvalue weighted by molar-refractivity contribution is 5.92.